The molecule has 2 aromatic carbocycles. The van der Waals surface area contributed by atoms with E-state index in [-0.39, 0.29) is 27.6 Å². The lowest BCUT2D eigenvalue weighted by molar-refractivity contribution is -0.385. The molecule has 3 aromatic rings. The minimum Gasteiger partial charge on any atom is -0.337 e. The molecular formula is C24H21ClFN5O2. The second kappa shape index (κ2) is 7.94. The van der Waals surface area contributed by atoms with Gasteiger partial charge in [0.15, 0.2) is 5.82 Å². The first-order valence-electron chi connectivity index (χ1n) is 10.7. The lowest BCUT2D eigenvalue weighted by Crippen LogP contribution is -2.31. The summed E-state index contributed by atoms with van der Waals surface area (Å²) in [5.41, 5.74) is 0.699. The molecule has 5 rings (SSSR count). The Kier molecular flexibility index (Phi) is 5.19. The second-order valence-corrected chi connectivity index (χ2v) is 9.33. The normalized spacial score (nSPS) is 21.5. The highest BCUT2D eigenvalue weighted by Crippen LogP contribution is 2.57. The number of rotatable bonds is 4. The van der Waals surface area contributed by atoms with E-state index in [4.69, 9.17) is 11.6 Å². The molecule has 0 radical (unpaired) electrons. The van der Waals surface area contributed by atoms with E-state index in [1.54, 1.807) is 12.1 Å². The van der Waals surface area contributed by atoms with Crippen LogP contribution in [0.25, 0.3) is 10.9 Å². The van der Waals surface area contributed by atoms with Crippen molar-refractivity contribution in [1.29, 1.82) is 0 Å². The fourth-order valence-corrected chi connectivity index (χ4v) is 4.65. The molecule has 2 heterocycles. The van der Waals surface area contributed by atoms with Gasteiger partial charge in [0.2, 0.25) is 0 Å². The molecule has 33 heavy (non-hydrogen) atoms. The molecule has 1 saturated carbocycles. The number of nitro groups is 1. The largest absolute Gasteiger partial charge is 0.337 e. The molecule has 2 aliphatic rings. The minimum atomic E-state index is -0.631. The van der Waals surface area contributed by atoms with Crippen LogP contribution in [0, 0.1) is 39.1 Å². The molecule has 1 saturated heterocycles. The summed E-state index contributed by atoms with van der Waals surface area (Å²) in [4.78, 5) is 22.2. The van der Waals surface area contributed by atoms with E-state index >= 15 is 0 Å². The quantitative estimate of drug-likeness (QED) is 0.325. The van der Waals surface area contributed by atoms with Crippen LogP contribution in [0.2, 0.25) is 5.02 Å². The van der Waals surface area contributed by atoms with Crippen LogP contribution in [0.15, 0.2) is 36.7 Å². The van der Waals surface area contributed by atoms with E-state index in [2.05, 4.69) is 45.9 Å². The van der Waals surface area contributed by atoms with Gasteiger partial charge in [-0.05, 0) is 44.4 Å². The number of hydrogen-bond acceptors (Lipinski definition) is 6. The summed E-state index contributed by atoms with van der Waals surface area (Å²) in [6.07, 6.45) is 2.36. The molecule has 9 heteroatoms. The van der Waals surface area contributed by atoms with Gasteiger partial charge in [-0.2, -0.15) is 0 Å². The highest BCUT2D eigenvalue weighted by atomic mass is 35.5. The van der Waals surface area contributed by atoms with Crippen LogP contribution in [-0.2, 0) is 0 Å². The van der Waals surface area contributed by atoms with Crippen LogP contribution in [0.1, 0.15) is 25.8 Å². The van der Waals surface area contributed by atoms with Crippen molar-refractivity contribution in [3.8, 4) is 11.8 Å². The van der Waals surface area contributed by atoms with Crippen molar-refractivity contribution in [2.24, 2.45) is 11.3 Å². The van der Waals surface area contributed by atoms with Crippen molar-refractivity contribution >= 4 is 39.7 Å². The number of nitrogens with one attached hydrogen (secondary N) is 1. The summed E-state index contributed by atoms with van der Waals surface area (Å²) in [5, 5.41) is 15.1. The fourth-order valence-electron chi connectivity index (χ4n) is 4.47. The molecule has 0 bridgehead atoms. The van der Waals surface area contributed by atoms with Crippen LogP contribution in [0.4, 0.5) is 21.6 Å². The Balaban J connectivity index is 1.53. The van der Waals surface area contributed by atoms with Crippen LogP contribution >= 0.6 is 11.6 Å². The SMILES string of the molecule is CC(C)N1C[C@@H]2C[C@]2(C#Cc2cc3ncnc(Nc4cccc(Cl)c4F)c3cc2[N+](=O)[O-])C1. The summed E-state index contributed by atoms with van der Waals surface area (Å²) in [7, 11) is 0. The van der Waals surface area contributed by atoms with Crippen LogP contribution in [0.5, 0.6) is 0 Å². The zero-order valence-electron chi connectivity index (χ0n) is 18.1. The Morgan fingerprint density at radius 1 is 1.36 bits per heavy atom. The van der Waals surface area contributed by atoms with Gasteiger partial charge in [-0.25, -0.2) is 14.4 Å². The van der Waals surface area contributed by atoms with Gasteiger partial charge in [0.05, 0.1) is 21.2 Å². The number of hydrogen-bond donors (Lipinski definition) is 1. The van der Waals surface area contributed by atoms with Crippen molar-refractivity contribution in [3.63, 3.8) is 0 Å². The number of aromatic nitrogens is 2. The highest BCUT2D eigenvalue weighted by Gasteiger charge is 2.59. The van der Waals surface area contributed by atoms with E-state index in [1.807, 2.05) is 0 Å². The number of benzene rings is 2. The van der Waals surface area contributed by atoms with Crippen LogP contribution < -0.4 is 5.32 Å². The zero-order valence-corrected chi connectivity index (χ0v) is 18.9. The van der Waals surface area contributed by atoms with Gasteiger partial charge < -0.3 is 5.32 Å². The monoisotopic (exact) mass is 465 g/mol. The van der Waals surface area contributed by atoms with Crippen LogP contribution in [0.3, 0.4) is 0 Å². The number of halogens is 2. The molecule has 1 aliphatic heterocycles. The Hall–Kier alpha value is -3.28. The third-order valence-electron chi connectivity index (χ3n) is 6.50. The predicted octanol–water partition coefficient (Wildman–Crippen LogP) is 5.16. The van der Waals surface area contributed by atoms with Gasteiger partial charge in [-0.1, -0.05) is 29.5 Å². The smallest absolute Gasteiger partial charge is 0.285 e. The maximum Gasteiger partial charge on any atom is 0.285 e. The molecule has 0 amide bonds. The molecule has 0 spiro atoms. The van der Waals surface area contributed by atoms with Crippen molar-refractivity contribution in [1.82, 2.24) is 14.9 Å². The molecular weight excluding hydrogens is 445 g/mol. The number of likely N-dealkylation sites (tertiary alicyclic amines) is 1. The third-order valence-corrected chi connectivity index (χ3v) is 6.79. The summed E-state index contributed by atoms with van der Waals surface area (Å²) in [6, 6.07) is 7.99. The molecule has 2 atom stereocenters. The standard InChI is InChI=1S/C24H21ClFN5O2/c1-14(2)30-11-16-10-24(16,12-30)7-6-15-8-20-17(9-21(15)31(32)33)23(28-13-27-20)29-19-5-3-4-18(25)22(19)26/h3-5,8-9,13-14,16H,10-12H2,1-2H3,(H,27,28,29)/t16-,24+/m0/s1. The summed E-state index contributed by atoms with van der Waals surface area (Å²) >= 11 is 5.86. The number of nitro benzene ring substituents is 1. The Bertz CT molecular complexity index is 1350. The third kappa shape index (κ3) is 3.88. The molecule has 2 fully saturated rings. The van der Waals surface area contributed by atoms with Gasteiger partial charge in [0.1, 0.15) is 17.7 Å². The van der Waals surface area contributed by atoms with Crippen molar-refractivity contribution in [2.45, 2.75) is 26.3 Å². The van der Waals surface area contributed by atoms with Crippen LogP contribution in [-0.4, -0.2) is 38.9 Å². The fraction of sp³-hybridized carbons (Fsp3) is 0.333. The predicted molar refractivity (Wildman–Crippen MR) is 125 cm³/mol. The minimum absolute atomic E-state index is 0.0393. The molecule has 1 N–H and O–H groups in total. The summed E-state index contributed by atoms with van der Waals surface area (Å²) < 4.78 is 14.4. The van der Waals surface area contributed by atoms with Crippen molar-refractivity contribution in [2.75, 3.05) is 18.4 Å². The number of anilines is 2. The lowest BCUT2D eigenvalue weighted by atomic mass is 10.0. The first kappa shape index (κ1) is 21.6. The highest BCUT2D eigenvalue weighted by molar-refractivity contribution is 6.31. The summed E-state index contributed by atoms with van der Waals surface area (Å²) in [5.74, 6) is 6.56. The van der Waals surface area contributed by atoms with Gasteiger partial charge in [-0.3, -0.25) is 15.0 Å². The maximum absolute atomic E-state index is 14.4. The van der Waals surface area contributed by atoms with E-state index in [1.165, 1.54) is 24.5 Å². The molecule has 0 unspecified atom stereocenters. The van der Waals surface area contributed by atoms with E-state index in [9.17, 15) is 14.5 Å². The van der Waals surface area contributed by atoms with Crippen molar-refractivity contribution < 1.29 is 9.31 Å². The van der Waals surface area contributed by atoms with Gasteiger partial charge in [0, 0.05) is 36.0 Å². The average molecular weight is 466 g/mol. The average Bonchev–Trinajstić information content (AvgIpc) is 3.34. The first-order valence-corrected chi connectivity index (χ1v) is 11.1. The van der Waals surface area contributed by atoms with E-state index < -0.39 is 10.7 Å². The molecule has 168 valence electrons. The first-order chi connectivity index (χ1) is 15.8. The Labute approximate surface area is 195 Å². The summed E-state index contributed by atoms with van der Waals surface area (Å²) in [6.45, 7) is 6.25. The zero-order chi connectivity index (χ0) is 23.3. The van der Waals surface area contributed by atoms with Gasteiger partial charge >= 0.3 is 0 Å². The Morgan fingerprint density at radius 2 is 2.18 bits per heavy atom. The number of fused-ring (bicyclic) bond motifs is 2. The number of piperidine rings is 1. The number of nitrogens with zero attached hydrogens (tertiary/aromatic N) is 4. The second-order valence-electron chi connectivity index (χ2n) is 8.92. The Morgan fingerprint density at radius 3 is 2.91 bits per heavy atom. The van der Waals surface area contributed by atoms with Crippen molar-refractivity contribution in [3.05, 3.63) is 63.2 Å². The lowest BCUT2D eigenvalue weighted by Gasteiger charge is -2.22. The topological polar surface area (TPSA) is 84.2 Å². The van der Waals surface area contributed by atoms with E-state index in [0.29, 0.717) is 28.4 Å². The molecule has 1 aromatic heterocycles. The maximum atomic E-state index is 14.4. The molecule has 1 aliphatic carbocycles. The van der Waals surface area contributed by atoms with E-state index in [0.717, 1.165) is 19.5 Å². The van der Waals surface area contributed by atoms with Gasteiger partial charge in [0.25, 0.3) is 5.69 Å². The molecule has 7 nitrogen and oxygen atoms in total. The van der Waals surface area contributed by atoms with Gasteiger partial charge in [-0.15, -0.1) is 0 Å².